The number of piperidine rings is 1. The van der Waals surface area contributed by atoms with Crippen LogP contribution in [0.25, 0.3) is 0 Å². The summed E-state index contributed by atoms with van der Waals surface area (Å²) in [6, 6.07) is 7.47. The van der Waals surface area contributed by atoms with Gasteiger partial charge in [-0.2, -0.15) is 0 Å². The quantitative estimate of drug-likeness (QED) is 0.833. The molecule has 0 radical (unpaired) electrons. The molecule has 1 aromatic rings. The monoisotopic (exact) mass is 323 g/mol. The van der Waals surface area contributed by atoms with Crippen molar-refractivity contribution in [1.82, 2.24) is 4.90 Å². The van der Waals surface area contributed by atoms with Gasteiger partial charge in [-0.15, -0.1) is 0 Å². The Hall–Kier alpha value is -1.55. The van der Waals surface area contributed by atoms with E-state index in [9.17, 15) is 9.59 Å². The Morgan fingerprint density at radius 3 is 2.55 bits per heavy atom. The summed E-state index contributed by atoms with van der Waals surface area (Å²) in [5, 5.41) is 0.675. The second-order valence-corrected chi connectivity index (χ2v) is 7.11. The van der Waals surface area contributed by atoms with Crippen LogP contribution in [0.4, 0.5) is 4.79 Å². The molecule has 1 fully saturated rings. The highest BCUT2D eigenvalue weighted by Gasteiger charge is 2.32. The molecule has 0 aromatic heterocycles. The van der Waals surface area contributed by atoms with E-state index in [0.717, 1.165) is 5.56 Å². The number of ketones is 1. The molecule has 0 unspecified atom stereocenters. The first kappa shape index (κ1) is 16.8. The van der Waals surface area contributed by atoms with Crippen LogP contribution in [-0.4, -0.2) is 35.5 Å². The molecule has 0 bridgehead atoms. The lowest BCUT2D eigenvalue weighted by Gasteiger charge is -2.33. The van der Waals surface area contributed by atoms with E-state index in [1.807, 2.05) is 45.0 Å². The minimum atomic E-state index is -0.524. The average Bonchev–Trinajstić information content (AvgIpc) is 2.41. The van der Waals surface area contributed by atoms with Crippen LogP contribution >= 0.6 is 11.6 Å². The molecule has 1 saturated heterocycles. The number of carbonyl (C=O) groups is 2. The minimum absolute atomic E-state index is 0.178. The molecule has 120 valence electrons. The standard InChI is InChI=1S/C17H22ClNO3/c1-17(2,3)22-16(21)19-9-8-15(20)13(11-19)10-12-4-6-14(18)7-5-12/h4-7,13H,8-11H2,1-3H3/t13-/m1/s1. The maximum Gasteiger partial charge on any atom is 0.410 e. The number of hydrogen-bond donors (Lipinski definition) is 0. The van der Waals surface area contributed by atoms with E-state index in [4.69, 9.17) is 16.3 Å². The van der Waals surface area contributed by atoms with Crippen molar-refractivity contribution in [2.45, 2.75) is 39.2 Å². The smallest absolute Gasteiger partial charge is 0.410 e. The summed E-state index contributed by atoms with van der Waals surface area (Å²) in [5.41, 5.74) is 0.526. The van der Waals surface area contributed by atoms with Crippen LogP contribution in [0.5, 0.6) is 0 Å². The minimum Gasteiger partial charge on any atom is -0.444 e. The molecular weight excluding hydrogens is 302 g/mol. The number of benzene rings is 1. The van der Waals surface area contributed by atoms with Crippen molar-refractivity contribution >= 4 is 23.5 Å². The maximum absolute atomic E-state index is 12.1. The van der Waals surface area contributed by atoms with Gasteiger partial charge in [-0.05, 0) is 44.9 Å². The second kappa shape index (κ2) is 6.69. The lowest BCUT2D eigenvalue weighted by atomic mass is 9.90. The number of hydrogen-bond acceptors (Lipinski definition) is 3. The summed E-state index contributed by atoms with van der Waals surface area (Å²) in [7, 11) is 0. The van der Waals surface area contributed by atoms with Crippen molar-refractivity contribution in [3.63, 3.8) is 0 Å². The van der Waals surface area contributed by atoms with Crippen LogP contribution in [-0.2, 0) is 16.0 Å². The lowest BCUT2D eigenvalue weighted by molar-refractivity contribution is -0.125. The van der Waals surface area contributed by atoms with Gasteiger partial charge < -0.3 is 9.64 Å². The Labute approximate surface area is 136 Å². The zero-order valence-corrected chi connectivity index (χ0v) is 14.0. The molecule has 22 heavy (non-hydrogen) atoms. The molecule has 0 N–H and O–H groups in total. The SMILES string of the molecule is CC(C)(C)OC(=O)N1CCC(=O)[C@H](Cc2ccc(Cl)cc2)C1. The second-order valence-electron chi connectivity index (χ2n) is 6.67. The third-order valence-corrected chi connectivity index (χ3v) is 3.82. The normalized spacial score (nSPS) is 19.2. The fraction of sp³-hybridized carbons (Fsp3) is 0.529. The fourth-order valence-electron chi connectivity index (χ4n) is 2.48. The Morgan fingerprint density at radius 1 is 1.32 bits per heavy atom. The number of Topliss-reactive ketones (excluding diaryl/α,β-unsaturated/α-hetero) is 1. The first-order valence-corrected chi connectivity index (χ1v) is 7.87. The van der Waals surface area contributed by atoms with Gasteiger partial charge in [0.25, 0.3) is 0 Å². The van der Waals surface area contributed by atoms with E-state index >= 15 is 0 Å². The summed E-state index contributed by atoms with van der Waals surface area (Å²) >= 11 is 5.87. The molecule has 1 atom stereocenters. The van der Waals surface area contributed by atoms with Gasteiger partial charge in [0.05, 0.1) is 0 Å². The lowest BCUT2D eigenvalue weighted by Crippen LogP contribution is -2.46. The van der Waals surface area contributed by atoms with Gasteiger partial charge in [0.1, 0.15) is 11.4 Å². The molecule has 1 aliphatic rings. The summed E-state index contributed by atoms with van der Waals surface area (Å²) in [6.07, 6.45) is 0.661. The van der Waals surface area contributed by atoms with Crippen molar-refractivity contribution in [3.05, 3.63) is 34.9 Å². The molecule has 0 aliphatic carbocycles. The van der Waals surface area contributed by atoms with E-state index in [1.54, 1.807) is 4.90 Å². The Morgan fingerprint density at radius 2 is 1.95 bits per heavy atom. The largest absolute Gasteiger partial charge is 0.444 e. The van der Waals surface area contributed by atoms with Crippen molar-refractivity contribution in [3.8, 4) is 0 Å². The highest BCUT2D eigenvalue weighted by molar-refractivity contribution is 6.30. The summed E-state index contributed by atoms with van der Waals surface area (Å²) in [4.78, 5) is 25.9. The first-order chi connectivity index (χ1) is 10.2. The van der Waals surface area contributed by atoms with Crippen LogP contribution in [0.3, 0.4) is 0 Å². The molecule has 2 rings (SSSR count). The number of nitrogens with zero attached hydrogens (tertiary/aromatic N) is 1. The van der Waals surface area contributed by atoms with Crippen molar-refractivity contribution in [1.29, 1.82) is 0 Å². The summed E-state index contributed by atoms with van der Waals surface area (Å²) < 4.78 is 5.38. The molecule has 1 aliphatic heterocycles. The third kappa shape index (κ3) is 4.73. The van der Waals surface area contributed by atoms with Gasteiger partial charge in [0.2, 0.25) is 0 Å². The van der Waals surface area contributed by atoms with Gasteiger partial charge in [0.15, 0.2) is 0 Å². The van der Waals surface area contributed by atoms with Crippen LogP contribution in [0.2, 0.25) is 5.02 Å². The molecule has 5 heteroatoms. The predicted molar refractivity (Wildman–Crippen MR) is 86.1 cm³/mol. The van der Waals surface area contributed by atoms with Crippen LogP contribution in [0, 0.1) is 5.92 Å². The van der Waals surface area contributed by atoms with Crippen LogP contribution in [0.15, 0.2) is 24.3 Å². The zero-order chi connectivity index (χ0) is 16.3. The average molecular weight is 324 g/mol. The molecule has 0 saturated carbocycles. The Kier molecular flexibility index (Phi) is 5.12. The Bertz CT molecular complexity index is 548. The first-order valence-electron chi connectivity index (χ1n) is 7.50. The van der Waals surface area contributed by atoms with E-state index in [0.29, 0.717) is 31.0 Å². The van der Waals surface area contributed by atoms with Gasteiger partial charge in [0, 0.05) is 30.5 Å². The van der Waals surface area contributed by atoms with Crippen molar-refractivity contribution in [2.75, 3.05) is 13.1 Å². The van der Waals surface area contributed by atoms with E-state index in [-0.39, 0.29) is 17.8 Å². The molecule has 4 nitrogen and oxygen atoms in total. The van der Waals surface area contributed by atoms with E-state index in [1.165, 1.54) is 0 Å². The Balaban J connectivity index is 2.00. The molecule has 1 amide bonds. The molecule has 1 aromatic carbocycles. The molecule has 1 heterocycles. The third-order valence-electron chi connectivity index (χ3n) is 3.57. The van der Waals surface area contributed by atoms with E-state index in [2.05, 4.69) is 0 Å². The summed E-state index contributed by atoms with van der Waals surface area (Å²) in [5.74, 6) is 0.0252. The van der Waals surface area contributed by atoms with E-state index < -0.39 is 5.60 Å². The highest BCUT2D eigenvalue weighted by atomic mass is 35.5. The van der Waals surface area contributed by atoms with Crippen molar-refractivity contribution in [2.24, 2.45) is 5.92 Å². The van der Waals surface area contributed by atoms with Crippen LogP contribution in [0.1, 0.15) is 32.8 Å². The number of rotatable bonds is 2. The van der Waals surface area contributed by atoms with Crippen molar-refractivity contribution < 1.29 is 14.3 Å². The van der Waals surface area contributed by atoms with Crippen LogP contribution < -0.4 is 0 Å². The number of amides is 1. The number of likely N-dealkylation sites (tertiary alicyclic amines) is 1. The topological polar surface area (TPSA) is 46.6 Å². The zero-order valence-electron chi connectivity index (χ0n) is 13.3. The van der Waals surface area contributed by atoms with Gasteiger partial charge in [-0.25, -0.2) is 4.79 Å². The number of halogens is 1. The molecule has 0 spiro atoms. The number of ether oxygens (including phenoxy) is 1. The summed E-state index contributed by atoms with van der Waals surface area (Å²) in [6.45, 7) is 6.36. The molecular formula is C17H22ClNO3. The van der Waals surface area contributed by atoms with Gasteiger partial charge in [-0.3, -0.25) is 4.79 Å². The number of carbonyl (C=O) groups excluding carboxylic acids is 2. The maximum atomic E-state index is 12.1. The highest BCUT2D eigenvalue weighted by Crippen LogP contribution is 2.21. The predicted octanol–water partition coefficient (Wildman–Crippen LogP) is 3.71. The fourth-order valence-corrected chi connectivity index (χ4v) is 2.61. The van der Waals surface area contributed by atoms with Gasteiger partial charge >= 0.3 is 6.09 Å². The van der Waals surface area contributed by atoms with Gasteiger partial charge in [-0.1, -0.05) is 23.7 Å².